The van der Waals surface area contributed by atoms with Crippen LogP contribution in [0.5, 0.6) is 0 Å². The van der Waals surface area contributed by atoms with Gasteiger partial charge >= 0.3 is 0 Å². The molecule has 130 valence electrons. The summed E-state index contributed by atoms with van der Waals surface area (Å²) in [5.41, 5.74) is 1.28. The van der Waals surface area contributed by atoms with Crippen molar-refractivity contribution in [3.05, 3.63) is 30.3 Å². The van der Waals surface area contributed by atoms with Crippen molar-refractivity contribution >= 4 is 35.6 Å². The molecule has 1 aliphatic heterocycles. The van der Waals surface area contributed by atoms with Gasteiger partial charge in [0.1, 0.15) is 0 Å². The molecular formula is C17H29IN4O. The number of para-hydroxylation sites is 1. The third kappa shape index (κ3) is 6.55. The highest BCUT2D eigenvalue weighted by atomic mass is 127. The third-order valence-electron chi connectivity index (χ3n) is 3.87. The summed E-state index contributed by atoms with van der Waals surface area (Å²) in [6.07, 6.45) is 1.11. The highest BCUT2D eigenvalue weighted by molar-refractivity contribution is 14.0. The molecule has 3 N–H and O–H groups in total. The van der Waals surface area contributed by atoms with Gasteiger partial charge < -0.3 is 20.6 Å². The lowest BCUT2D eigenvalue weighted by Crippen LogP contribution is -2.44. The standard InChI is InChI=1S/C17H28N4O.HI/c1-3-18-17(19-11-14(2)13-22)20-15-9-10-21(12-15)16-7-5-4-6-8-16;/h4-8,14-15,22H,3,9-13H2,1-2H3,(H2,18,19,20);1H. The molecule has 1 heterocycles. The Bertz CT molecular complexity index is 469. The molecule has 2 atom stereocenters. The van der Waals surface area contributed by atoms with E-state index in [4.69, 9.17) is 5.11 Å². The molecule has 0 bridgehead atoms. The summed E-state index contributed by atoms with van der Waals surface area (Å²) in [5, 5.41) is 15.9. The Morgan fingerprint density at radius 3 is 2.78 bits per heavy atom. The first-order valence-corrected chi connectivity index (χ1v) is 8.18. The predicted molar refractivity (Wildman–Crippen MR) is 108 cm³/mol. The largest absolute Gasteiger partial charge is 0.396 e. The van der Waals surface area contributed by atoms with Gasteiger partial charge in [-0.1, -0.05) is 25.1 Å². The minimum atomic E-state index is 0. The number of anilines is 1. The quantitative estimate of drug-likeness (QED) is 0.366. The average Bonchev–Trinajstić information content (AvgIpc) is 3.02. The minimum Gasteiger partial charge on any atom is -0.396 e. The second-order valence-electron chi connectivity index (χ2n) is 5.92. The first-order valence-electron chi connectivity index (χ1n) is 8.18. The van der Waals surface area contributed by atoms with Crippen LogP contribution in [0.1, 0.15) is 20.3 Å². The van der Waals surface area contributed by atoms with E-state index in [9.17, 15) is 0 Å². The van der Waals surface area contributed by atoms with Crippen LogP contribution in [0.25, 0.3) is 0 Å². The van der Waals surface area contributed by atoms with Crippen LogP contribution in [0.4, 0.5) is 5.69 Å². The highest BCUT2D eigenvalue weighted by Gasteiger charge is 2.23. The van der Waals surface area contributed by atoms with Gasteiger partial charge in [0.15, 0.2) is 5.96 Å². The summed E-state index contributed by atoms with van der Waals surface area (Å²) in [6.45, 7) is 7.78. The van der Waals surface area contributed by atoms with Gasteiger partial charge in [-0.2, -0.15) is 0 Å². The van der Waals surface area contributed by atoms with Crippen LogP contribution < -0.4 is 15.5 Å². The molecule has 2 unspecified atom stereocenters. The Balaban J connectivity index is 0.00000264. The van der Waals surface area contributed by atoms with E-state index in [0.717, 1.165) is 32.0 Å². The van der Waals surface area contributed by atoms with Crippen molar-refractivity contribution in [2.75, 3.05) is 37.7 Å². The van der Waals surface area contributed by atoms with E-state index in [2.05, 4.69) is 51.7 Å². The summed E-state index contributed by atoms with van der Waals surface area (Å²) < 4.78 is 0. The zero-order valence-electron chi connectivity index (χ0n) is 14.0. The summed E-state index contributed by atoms with van der Waals surface area (Å²) in [6, 6.07) is 10.9. The molecule has 1 aliphatic rings. The fourth-order valence-electron chi connectivity index (χ4n) is 2.57. The number of aliphatic hydroxyl groups excluding tert-OH is 1. The Labute approximate surface area is 156 Å². The van der Waals surface area contributed by atoms with Gasteiger partial charge in [-0.05, 0) is 31.4 Å². The van der Waals surface area contributed by atoms with Crippen molar-refractivity contribution in [3.8, 4) is 0 Å². The number of aliphatic hydroxyl groups is 1. The molecule has 2 rings (SSSR count). The number of benzene rings is 1. The molecule has 0 saturated carbocycles. The van der Waals surface area contributed by atoms with Crippen LogP contribution in [0.15, 0.2) is 35.3 Å². The number of nitrogens with zero attached hydrogens (tertiary/aromatic N) is 2. The Hall–Kier alpha value is -1.02. The van der Waals surface area contributed by atoms with Gasteiger partial charge in [0.25, 0.3) is 0 Å². The monoisotopic (exact) mass is 432 g/mol. The van der Waals surface area contributed by atoms with Crippen LogP contribution in [-0.2, 0) is 0 Å². The number of aliphatic imine (C=N–C) groups is 1. The van der Waals surface area contributed by atoms with E-state index in [1.165, 1.54) is 5.69 Å². The zero-order chi connectivity index (χ0) is 15.8. The fourth-order valence-corrected chi connectivity index (χ4v) is 2.57. The number of guanidine groups is 1. The molecule has 1 saturated heterocycles. The zero-order valence-corrected chi connectivity index (χ0v) is 16.4. The van der Waals surface area contributed by atoms with Crippen LogP contribution in [0.2, 0.25) is 0 Å². The Morgan fingerprint density at radius 2 is 2.13 bits per heavy atom. The number of halogens is 1. The van der Waals surface area contributed by atoms with Gasteiger partial charge in [-0.25, -0.2) is 0 Å². The smallest absolute Gasteiger partial charge is 0.191 e. The van der Waals surface area contributed by atoms with E-state index in [1.54, 1.807) is 0 Å². The van der Waals surface area contributed by atoms with Crippen molar-refractivity contribution in [2.45, 2.75) is 26.3 Å². The molecule has 0 spiro atoms. The van der Waals surface area contributed by atoms with Gasteiger partial charge in [-0.3, -0.25) is 4.99 Å². The third-order valence-corrected chi connectivity index (χ3v) is 3.87. The van der Waals surface area contributed by atoms with Gasteiger partial charge in [0.2, 0.25) is 0 Å². The maximum atomic E-state index is 9.11. The van der Waals surface area contributed by atoms with Gasteiger partial charge in [0, 0.05) is 44.5 Å². The van der Waals surface area contributed by atoms with E-state index >= 15 is 0 Å². The Morgan fingerprint density at radius 1 is 1.39 bits per heavy atom. The van der Waals surface area contributed by atoms with E-state index in [-0.39, 0.29) is 36.5 Å². The minimum absolute atomic E-state index is 0. The molecule has 0 aliphatic carbocycles. The molecule has 5 nitrogen and oxygen atoms in total. The molecule has 0 radical (unpaired) electrons. The van der Waals surface area contributed by atoms with Crippen molar-refractivity contribution in [2.24, 2.45) is 10.9 Å². The van der Waals surface area contributed by atoms with Gasteiger partial charge in [0.05, 0.1) is 0 Å². The van der Waals surface area contributed by atoms with E-state index < -0.39 is 0 Å². The van der Waals surface area contributed by atoms with Crippen molar-refractivity contribution in [3.63, 3.8) is 0 Å². The lowest BCUT2D eigenvalue weighted by atomic mass is 10.2. The Kier molecular flexibility index (Phi) is 9.31. The molecule has 1 fully saturated rings. The van der Waals surface area contributed by atoms with Crippen LogP contribution in [0, 0.1) is 5.92 Å². The highest BCUT2D eigenvalue weighted by Crippen LogP contribution is 2.19. The summed E-state index contributed by atoms with van der Waals surface area (Å²) in [4.78, 5) is 6.96. The van der Waals surface area contributed by atoms with Crippen LogP contribution in [-0.4, -0.2) is 49.9 Å². The van der Waals surface area contributed by atoms with Crippen molar-refractivity contribution in [1.29, 1.82) is 0 Å². The molecule has 1 aromatic carbocycles. The topological polar surface area (TPSA) is 59.9 Å². The average molecular weight is 432 g/mol. The van der Waals surface area contributed by atoms with Crippen molar-refractivity contribution < 1.29 is 5.11 Å². The summed E-state index contributed by atoms with van der Waals surface area (Å²) in [7, 11) is 0. The second kappa shape index (κ2) is 10.7. The van der Waals surface area contributed by atoms with Crippen LogP contribution >= 0.6 is 24.0 Å². The van der Waals surface area contributed by atoms with E-state index in [1.807, 2.05) is 13.0 Å². The first-order chi connectivity index (χ1) is 10.7. The lowest BCUT2D eigenvalue weighted by Gasteiger charge is -2.20. The normalized spacial score (nSPS) is 19.2. The van der Waals surface area contributed by atoms with Crippen molar-refractivity contribution in [1.82, 2.24) is 10.6 Å². The lowest BCUT2D eigenvalue weighted by molar-refractivity contribution is 0.241. The number of nitrogens with one attached hydrogen (secondary N) is 2. The number of hydrogen-bond acceptors (Lipinski definition) is 3. The van der Waals surface area contributed by atoms with Gasteiger partial charge in [-0.15, -0.1) is 24.0 Å². The number of hydrogen-bond donors (Lipinski definition) is 3. The summed E-state index contributed by atoms with van der Waals surface area (Å²) in [5.74, 6) is 1.04. The second-order valence-corrected chi connectivity index (χ2v) is 5.92. The molecule has 0 aromatic heterocycles. The molecular weight excluding hydrogens is 403 g/mol. The molecule has 23 heavy (non-hydrogen) atoms. The summed E-state index contributed by atoms with van der Waals surface area (Å²) >= 11 is 0. The van der Waals surface area contributed by atoms with Crippen LogP contribution in [0.3, 0.4) is 0 Å². The molecule has 6 heteroatoms. The predicted octanol–water partition coefficient (Wildman–Crippen LogP) is 2.07. The molecule has 0 amide bonds. The number of rotatable bonds is 6. The fraction of sp³-hybridized carbons (Fsp3) is 0.588. The maximum Gasteiger partial charge on any atom is 0.191 e. The van der Waals surface area contributed by atoms with E-state index in [0.29, 0.717) is 12.6 Å². The molecule has 1 aromatic rings. The maximum absolute atomic E-state index is 9.11. The SMILES string of the molecule is CCNC(=NCC(C)CO)NC1CCN(c2ccccc2)C1.I. The first kappa shape index (κ1) is 20.0.